The van der Waals surface area contributed by atoms with Crippen LogP contribution in [0.4, 0.5) is 0 Å². The number of nitrogens with zero attached hydrogens (tertiary/aromatic N) is 2. The van der Waals surface area contributed by atoms with E-state index in [0.717, 1.165) is 16.9 Å². The highest BCUT2D eigenvalue weighted by Crippen LogP contribution is 2.25. The largest absolute Gasteiger partial charge is 0.496 e. The number of rotatable bonds is 3. The van der Waals surface area contributed by atoms with Crippen LogP contribution in [0.2, 0.25) is 0 Å². The average Bonchev–Trinajstić information content (AvgIpc) is 3.17. The Hall–Kier alpha value is -2.76. The summed E-state index contributed by atoms with van der Waals surface area (Å²) >= 11 is 0. The van der Waals surface area contributed by atoms with Crippen molar-refractivity contribution in [2.75, 3.05) is 33.3 Å². The van der Waals surface area contributed by atoms with Crippen molar-refractivity contribution in [3.8, 4) is 5.75 Å². The minimum atomic E-state index is 0.00446. The van der Waals surface area contributed by atoms with Crippen molar-refractivity contribution in [3.05, 3.63) is 52.8 Å². The number of carbonyl (C=O) groups excluding carboxylic acids is 2. The maximum atomic E-state index is 12.9. The van der Waals surface area contributed by atoms with Crippen LogP contribution in [0.3, 0.4) is 0 Å². The zero-order valence-corrected chi connectivity index (χ0v) is 14.8. The molecule has 1 aliphatic heterocycles. The molecule has 1 aliphatic rings. The van der Waals surface area contributed by atoms with Crippen LogP contribution in [0.25, 0.3) is 0 Å². The second kappa shape index (κ2) is 7.01. The molecule has 1 aromatic carbocycles. The standard InChI is InChI=1S/C19H23N3O3/c1-13-14(2)17(25-3)5-4-16(13)19(24)22-10-8-21(9-11-22)18(23)15-6-7-20-12-15/h4-7,12,20H,8-11H2,1-3H3. The molecular weight excluding hydrogens is 318 g/mol. The van der Waals surface area contributed by atoms with Crippen molar-refractivity contribution in [1.29, 1.82) is 0 Å². The van der Waals surface area contributed by atoms with E-state index in [9.17, 15) is 9.59 Å². The van der Waals surface area contributed by atoms with Gasteiger partial charge in [0.2, 0.25) is 0 Å². The molecule has 25 heavy (non-hydrogen) atoms. The Balaban J connectivity index is 1.68. The van der Waals surface area contributed by atoms with E-state index in [2.05, 4.69) is 4.98 Å². The minimum absolute atomic E-state index is 0.00446. The van der Waals surface area contributed by atoms with Gasteiger partial charge in [0, 0.05) is 44.1 Å². The van der Waals surface area contributed by atoms with E-state index in [1.54, 1.807) is 30.5 Å². The number of H-pyrrole nitrogens is 1. The maximum Gasteiger partial charge on any atom is 0.255 e. The topological polar surface area (TPSA) is 65.6 Å². The van der Waals surface area contributed by atoms with Gasteiger partial charge in [0.15, 0.2) is 0 Å². The van der Waals surface area contributed by atoms with Gasteiger partial charge < -0.3 is 19.5 Å². The Morgan fingerprint density at radius 1 is 0.960 bits per heavy atom. The fourth-order valence-electron chi connectivity index (χ4n) is 3.17. The molecule has 6 nitrogen and oxygen atoms in total. The van der Waals surface area contributed by atoms with Gasteiger partial charge in [0.25, 0.3) is 11.8 Å². The summed E-state index contributed by atoms with van der Waals surface area (Å²) in [5, 5.41) is 0. The molecule has 0 bridgehead atoms. The zero-order chi connectivity index (χ0) is 18.0. The third kappa shape index (κ3) is 3.24. The molecule has 0 radical (unpaired) electrons. The monoisotopic (exact) mass is 341 g/mol. The quantitative estimate of drug-likeness (QED) is 0.931. The molecule has 132 valence electrons. The number of carbonyl (C=O) groups is 2. The molecule has 2 amide bonds. The highest BCUT2D eigenvalue weighted by Gasteiger charge is 2.26. The van der Waals surface area contributed by atoms with Gasteiger partial charge in [0.1, 0.15) is 5.75 Å². The molecule has 1 fully saturated rings. The van der Waals surface area contributed by atoms with E-state index in [1.807, 2.05) is 30.9 Å². The number of piperazine rings is 1. The SMILES string of the molecule is COc1ccc(C(=O)N2CCN(C(=O)c3cc[nH]c3)CC2)c(C)c1C. The molecular formula is C19H23N3O3. The Bertz CT molecular complexity index is 775. The van der Waals surface area contributed by atoms with Gasteiger partial charge in [0.05, 0.1) is 12.7 Å². The van der Waals surface area contributed by atoms with Gasteiger partial charge >= 0.3 is 0 Å². The molecule has 0 unspecified atom stereocenters. The van der Waals surface area contributed by atoms with Crippen LogP contribution < -0.4 is 4.74 Å². The van der Waals surface area contributed by atoms with Crippen LogP contribution in [0, 0.1) is 13.8 Å². The van der Waals surface area contributed by atoms with Crippen molar-refractivity contribution < 1.29 is 14.3 Å². The summed E-state index contributed by atoms with van der Waals surface area (Å²) < 4.78 is 5.31. The lowest BCUT2D eigenvalue weighted by atomic mass is 10.0. The van der Waals surface area contributed by atoms with Gasteiger partial charge in [-0.3, -0.25) is 9.59 Å². The van der Waals surface area contributed by atoms with Crippen molar-refractivity contribution >= 4 is 11.8 Å². The number of hydrogen-bond acceptors (Lipinski definition) is 3. The number of benzene rings is 1. The summed E-state index contributed by atoms with van der Waals surface area (Å²) in [6.45, 7) is 6.07. The first-order valence-corrected chi connectivity index (χ1v) is 8.38. The van der Waals surface area contributed by atoms with Crippen molar-refractivity contribution in [3.63, 3.8) is 0 Å². The number of aromatic nitrogens is 1. The lowest BCUT2D eigenvalue weighted by Crippen LogP contribution is -2.50. The zero-order valence-electron chi connectivity index (χ0n) is 14.8. The summed E-state index contributed by atoms with van der Waals surface area (Å²) in [4.78, 5) is 31.7. The predicted octanol–water partition coefficient (Wildman–Crippen LogP) is 2.24. The normalized spacial score (nSPS) is 14.5. The minimum Gasteiger partial charge on any atom is -0.496 e. The Labute approximate surface area is 147 Å². The van der Waals surface area contributed by atoms with Crippen LogP contribution in [0.15, 0.2) is 30.6 Å². The summed E-state index contributed by atoms with van der Waals surface area (Å²) in [6, 6.07) is 5.42. The Kier molecular flexibility index (Phi) is 4.79. The van der Waals surface area contributed by atoms with Gasteiger partial charge in [-0.2, -0.15) is 0 Å². The molecule has 2 heterocycles. The van der Waals surface area contributed by atoms with Crippen molar-refractivity contribution in [1.82, 2.24) is 14.8 Å². The smallest absolute Gasteiger partial charge is 0.255 e. The van der Waals surface area contributed by atoms with Crippen LogP contribution in [0.5, 0.6) is 5.75 Å². The summed E-state index contributed by atoms with van der Waals surface area (Å²) in [5.41, 5.74) is 3.27. The average molecular weight is 341 g/mol. The molecule has 6 heteroatoms. The molecule has 0 spiro atoms. The second-order valence-electron chi connectivity index (χ2n) is 6.25. The fraction of sp³-hybridized carbons (Fsp3) is 0.368. The van der Waals surface area contributed by atoms with Crippen LogP contribution in [-0.2, 0) is 0 Å². The number of ether oxygens (including phenoxy) is 1. The van der Waals surface area contributed by atoms with Crippen molar-refractivity contribution in [2.45, 2.75) is 13.8 Å². The van der Waals surface area contributed by atoms with Crippen LogP contribution in [0.1, 0.15) is 31.8 Å². The highest BCUT2D eigenvalue weighted by molar-refractivity contribution is 5.97. The van der Waals surface area contributed by atoms with E-state index in [1.165, 1.54) is 0 Å². The number of aromatic amines is 1. The maximum absolute atomic E-state index is 12.9. The number of hydrogen-bond donors (Lipinski definition) is 1. The molecule has 0 saturated carbocycles. The second-order valence-corrected chi connectivity index (χ2v) is 6.25. The van der Waals surface area contributed by atoms with Gasteiger partial charge in [-0.05, 0) is 43.2 Å². The molecule has 1 aromatic heterocycles. The first-order valence-electron chi connectivity index (χ1n) is 8.38. The Morgan fingerprint density at radius 2 is 1.60 bits per heavy atom. The number of nitrogens with one attached hydrogen (secondary N) is 1. The molecule has 1 saturated heterocycles. The van der Waals surface area contributed by atoms with Gasteiger partial charge in [-0.25, -0.2) is 0 Å². The third-order valence-electron chi connectivity index (χ3n) is 4.89. The molecule has 0 aliphatic carbocycles. The van der Waals surface area contributed by atoms with E-state index in [0.29, 0.717) is 37.3 Å². The van der Waals surface area contributed by atoms with Gasteiger partial charge in [-0.15, -0.1) is 0 Å². The number of amides is 2. The first kappa shape index (κ1) is 17.1. The highest BCUT2D eigenvalue weighted by atomic mass is 16.5. The summed E-state index contributed by atoms with van der Waals surface area (Å²) in [6.07, 6.45) is 3.44. The molecule has 2 aromatic rings. The van der Waals surface area contributed by atoms with Crippen molar-refractivity contribution in [2.24, 2.45) is 0 Å². The summed E-state index contributed by atoms with van der Waals surface area (Å²) in [5.74, 6) is 0.804. The van der Waals surface area contributed by atoms with E-state index in [4.69, 9.17) is 4.74 Å². The molecule has 3 rings (SSSR count). The lowest BCUT2D eigenvalue weighted by molar-refractivity contribution is 0.0535. The molecule has 0 atom stereocenters. The predicted molar refractivity (Wildman–Crippen MR) is 95.1 cm³/mol. The number of methoxy groups -OCH3 is 1. The van der Waals surface area contributed by atoms with E-state index < -0.39 is 0 Å². The fourth-order valence-corrected chi connectivity index (χ4v) is 3.17. The van der Waals surface area contributed by atoms with Crippen LogP contribution >= 0.6 is 0 Å². The van der Waals surface area contributed by atoms with E-state index >= 15 is 0 Å². The third-order valence-corrected chi connectivity index (χ3v) is 4.89. The van der Waals surface area contributed by atoms with Gasteiger partial charge in [-0.1, -0.05) is 0 Å². The Morgan fingerprint density at radius 3 is 2.16 bits per heavy atom. The molecule has 1 N–H and O–H groups in total. The lowest BCUT2D eigenvalue weighted by Gasteiger charge is -2.35. The van der Waals surface area contributed by atoms with Crippen LogP contribution in [-0.4, -0.2) is 59.9 Å². The summed E-state index contributed by atoms with van der Waals surface area (Å²) in [7, 11) is 1.63. The first-order chi connectivity index (χ1) is 12.0. The van der Waals surface area contributed by atoms with E-state index in [-0.39, 0.29) is 11.8 Å².